The molecule has 37 heavy (non-hydrogen) atoms. The zero-order chi connectivity index (χ0) is 25.6. The lowest BCUT2D eigenvalue weighted by atomic mass is 9.96. The molecule has 1 aliphatic heterocycles. The van der Waals surface area contributed by atoms with E-state index in [4.69, 9.17) is 19.6 Å². The lowest BCUT2D eigenvalue weighted by molar-refractivity contribution is -0.139. The van der Waals surface area contributed by atoms with Gasteiger partial charge in [0.1, 0.15) is 18.4 Å². The third-order valence-corrected chi connectivity index (χ3v) is 6.89. The molecule has 1 aliphatic rings. The molecule has 1 atom stereocenters. The SMILES string of the molecule is CCOC(=O)C1=C(C)Nc2nc(SCc3ccccc3)nn2C1c1ccc(OCc2ccccc2)cc1. The maximum atomic E-state index is 13.0. The topological polar surface area (TPSA) is 78.3 Å². The summed E-state index contributed by atoms with van der Waals surface area (Å²) in [5, 5.41) is 8.67. The molecule has 1 N–H and O–H groups in total. The predicted octanol–water partition coefficient (Wildman–Crippen LogP) is 6.00. The summed E-state index contributed by atoms with van der Waals surface area (Å²) in [6.45, 7) is 4.44. The molecule has 0 spiro atoms. The first-order valence-corrected chi connectivity index (χ1v) is 13.2. The van der Waals surface area contributed by atoms with Crippen LogP contribution in [0.15, 0.2) is 101 Å². The number of anilines is 1. The van der Waals surface area contributed by atoms with Crippen LogP contribution in [0.4, 0.5) is 5.95 Å². The monoisotopic (exact) mass is 512 g/mol. The summed E-state index contributed by atoms with van der Waals surface area (Å²) in [7, 11) is 0. The number of nitrogens with one attached hydrogen (secondary N) is 1. The Labute approximate surface area is 220 Å². The summed E-state index contributed by atoms with van der Waals surface area (Å²) in [6.07, 6.45) is 0. The molecule has 0 saturated carbocycles. The van der Waals surface area contributed by atoms with Gasteiger partial charge in [0.2, 0.25) is 11.1 Å². The molecule has 0 fully saturated rings. The van der Waals surface area contributed by atoms with Gasteiger partial charge in [-0.1, -0.05) is 84.6 Å². The second kappa shape index (κ2) is 11.3. The third kappa shape index (κ3) is 5.70. The Kier molecular flexibility index (Phi) is 7.56. The highest BCUT2D eigenvalue weighted by atomic mass is 32.2. The van der Waals surface area contributed by atoms with Gasteiger partial charge < -0.3 is 14.8 Å². The van der Waals surface area contributed by atoms with Crippen LogP contribution in [0.3, 0.4) is 0 Å². The van der Waals surface area contributed by atoms with Crippen molar-refractivity contribution in [2.24, 2.45) is 0 Å². The molecule has 7 nitrogen and oxygen atoms in total. The highest BCUT2D eigenvalue weighted by Gasteiger charge is 2.35. The number of esters is 1. The van der Waals surface area contributed by atoms with Gasteiger partial charge in [-0.25, -0.2) is 9.48 Å². The smallest absolute Gasteiger partial charge is 0.338 e. The first-order chi connectivity index (χ1) is 18.1. The van der Waals surface area contributed by atoms with Crippen molar-refractivity contribution in [1.82, 2.24) is 14.8 Å². The number of hydrogen-bond donors (Lipinski definition) is 1. The molecule has 188 valence electrons. The van der Waals surface area contributed by atoms with E-state index < -0.39 is 6.04 Å². The minimum absolute atomic E-state index is 0.289. The summed E-state index contributed by atoms with van der Waals surface area (Å²) in [5.74, 6) is 1.72. The van der Waals surface area contributed by atoms with Crippen molar-refractivity contribution in [3.05, 3.63) is 113 Å². The third-order valence-electron chi connectivity index (χ3n) is 5.98. The molecule has 5 rings (SSSR count). The van der Waals surface area contributed by atoms with Crippen molar-refractivity contribution in [1.29, 1.82) is 0 Å². The van der Waals surface area contributed by atoms with E-state index in [1.165, 1.54) is 5.56 Å². The quantitative estimate of drug-likeness (QED) is 0.218. The normalized spacial score (nSPS) is 14.6. The molecular formula is C29H28N4O3S. The average molecular weight is 513 g/mol. The van der Waals surface area contributed by atoms with E-state index in [2.05, 4.69) is 17.4 Å². The maximum absolute atomic E-state index is 13.0. The van der Waals surface area contributed by atoms with Crippen LogP contribution in [-0.4, -0.2) is 27.3 Å². The Hall–Kier alpha value is -4.04. The predicted molar refractivity (Wildman–Crippen MR) is 144 cm³/mol. The molecule has 8 heteroatoms. The maximum Gasteiger partial charge on any atom is 0.338 e. The van der Waals surface area contributed by atoms with Gasteiger partial charge in [0.15, 0.2) is 0 Å². The second-order valence-electron chi connectivity index (χ2n) is 8.57. The number of nitrogens with zero attached hydrogens (tertiary/aromatic N) is 3. The first-order valence-electron chi connectivity index (χ1n) is 12.2. The van der Waals surface area contributed by atoms with Gasteiger partial charge in [-0.3, -0.25) is 0 Å². The number of rotatable bonds is 9. The number of benzene rings is 3. The number of aromatic nitrogens is 3. The summed E-state index contributed by atoms with van der Waals surface area (Å²) < 4.78 is 13.1. The molecule has 0 radical (unpaired) electrons. The van der Waals surface area contributed by atoms with E-state index >= 15 is 0 Å². The van der Waals surface area contributed by atoms with Crippen molar-refractivity contribution < 1.29 is 14.3 Å². The van der Waals surface area contributed by atoms with Gasteiger partial charge in [0.05, 0.1) is 12.2 Å². The van der Waals surface area contributed by atoms with Crippen LogP contribution in [0.1, 0.15) is 36.6 Å². The van der Waals surface area contributed by atoms with Crippen LogP contribution < -0.4 is 10.1 Å². The molecule has 0 aliphatic carbocycles. The van der Waals surface area contributed by atoms with Gasteiger partial charge >= 0.3 is 5.97 Å². The van der Waals surface area contributed by atoms with Crippen LogP contribution >= 0.6 is 11.8 Å². The standard InChI is InChI=1S/C29H28N4O3S/c1-3-35-27(34)25-20(2)30-28-31-29(37-19-22-12-8-5-9-13-22)32-33(28)26(25)23-14-16-24(17-15-23)36-18-21-10-6-4-7-11-21/h4-17,26H,3,18-19H2,1-2H3,(H,30,31,32). The minimum Gasteiger partial charge on any atom is -0.489 e. The fourth-order valence-electron chi connectivity index (χ4n) is 4.18. The molecule has 1 aromatic heterocycles. The van der Waals surface area contributed by atoms with Crippen LogP contribution in [0.25, 0.3) is 0 Å². The number of thioether (sulfide) groups is 1. The van der Waals surface area contributed by atoms with Crippen molar-refractivity contribution in [2.75, 3.05) is 11.9 Å². The number of fused-ring (bicyclic) bond motifs is 1. The Bertz CT molecular complexity index is 1390. The molecular weight excluding hydrogens is 484 g/mol. The number of hydrogen-bond acceptors (Lipinski definition) is 7. The number of allylic oxidation sites excluding steroid dienone is 1. The Morgan fingerprint density at radius 2 is 1.65 bits per heavy atom. The van der Waals surface area contributed by atoms with Crippen molar-refractivity contribution >= 4 is 23.7 Å². The fraction of sp³-hybridized carbons (Fsp3) is 0.207. The zero-order valence-electron chi connectivity index (χ0n) is 20.8. The van der Waals surface area contributed by atoms with E-state index in [9.17, 15) is 4.79 Å². The molecule has 2 heterocycles. The fourth-order valence-corrected chi connectivity index (χ4v) is 4.97. The van der Waals surface area contributed by atoms with E-state index in [-0.39, 0.29) is 12.6 Å². The van der Waals surface area contributed by atoms with E-state index in [1.54, 1.807) is 23.4 Å². The molecule has 3 aromatic carbocycles. The van der Waals surface area contributed by atoms with Crippen molar-refractivity contribution in [3.63, 3.8) is 0 Å². The van der Waals surface area contributed by atoms with Crippen LogP contribution in [0.2, 0.25) is 0 Å². The van der Waals surface area contributed by atoms with Crippen LogP contribution in [0, 0.1) is 0 Å². The van der Waals surface area contributed by atoms with E-state index in [0.29, 0.717) is 29.0 Å². The second-order valence-corrected chi connectivity index (χ2v) is 9.51. The van der Waals surface area contributed by atoms with Gasteiger partial charge in [0, 0.05) is 11.4 Å². The van der Waals surface area contributed by atoms with Crippen LogP contribution in [0.5, 0.6) is 5.75 Å². The highest BCUT2D eigenvalue weighted by Crippen LogP contribution is 2.37. The lowest BCUT2D eigenvalue weighted by Crippen LogP contribution is -2.29. The van der Waals surface area contributed by atoms with Gasteiger partial charge in [-0.2, -0.15) is 4.98 Å². The van der Waals surface area contributed by atoms with E-state index in [1.807, 2.05) is 79.7 Å². The Morgan fingerprint density at radius 1 is 0.973 bits per heavy atom. The number of carbonyl (C=O) groups is 1. The Balaban J connectivity index is 1.41. The minimum atomic E-state index is -0.475. The number of carbonyl (C=O) groups excluding carboxylic acids is 1. The zero-order valence-corrected chi connectivity index (χ0v) is 21.6. The molecule has 0 amide bonds. The highest BCUT2D eigenvalue weighted by molar-refractivity contribution is 7.98. The van der Waals surface area contributed by atoms with Crippen LogP contribution in [-0.2, 0) is 21.9 Å². The molecule has 0 saturated heterocycles. The summed E-state index contributed by atoms with van der Waals surface area (Å²) in [6, 6.07) is 27.5. The molecule has 1 unspecified atom stereocenters. The first kappa shape index (κ1) is 24.6. The number of ether oxygens (including phenoxy) is 2. The Morgan fingerprint density at radius 3 is 2.32 bits per heavy atom. The lowest BCUT2D eigenvalue weighted by Gasteiger charge is -2.28. The van der Waals surface area contributed by atoms with Gasteiger partial charge in [0.25, 0.3) is 0 Å². The van der Waals surface area contributed by atoms with E-state index in [0.717, 1.165) is 22.6 Å². The molecule has 0 bridgehead atoms. The summed E-state index contributed by atoms with van der Waals surface area (Å²) in [4.78, 5) is 17.7. The average Bonchev–Trinajstić information content (AvgIpc) is 3.34. The molecule has 4 aromatic rings. The largest absolute Gasteiger partial charge is 0.489 e. The summed E-state index contributed by atoms with van der Waals surface area (Å²) >= 11 is 1.55. The van der Waals surface area contributed by atoms with Gasteiger partial charge in [-0.15, -0.1) is 5.10 Å². The van der Waals surface area contributed by atoms with Gasteiger partial charge in [-0.05, 0) is 42.7 Å². The van der Waals surface area contributed by atoms with Crippen molar-refractivity contribution in [2.45, 2.75) is 37.4 Å². The summed E-state index contributed by atoms with van der Waals surface area (Å²) in [5.41, 5.74) is 4.39. The van der Waals surface area contributed by atoms with Crippen molar-refractivity contribution in [3.8, 4) is 5.75 Å².